The summed E-state index contributed by atoms with van der Waals surface area (Å²) in [7, 11) is 1.94. The first-order valence-corrected chi connectivity index (χ1v) is 7.97. The van der Waals surface area contributed by atoms with Gasteiger partial charge < -0.3 is 14.8 Å². The summed E-state index contributed by atoms with van der Waals surface area (Å²) in [6, 6.07) is 14.0. The lowest BCUT2D eigenvalue weighted by Crippen LogP contribution is -2.34. The van der Waals surface area contributed by atoms with Crippen LogP contribution in [0.25, 0.3) is 11.3 Å². The molecule has 1 fully saturated rings. The molecule has 1 aliphatic rings. The van der Waals surface area contributed by atoms with Gasteiger partial charge in [0, 0.05) is 25.8 Å². The van der Waals surface area contributed by atoms with Gasteiger partial charge in [0.1, 0.15) is 5.69 Å². The van der Waals surface area contributed by atoms with Gasteiger partial charge in [0.25, 0.3) is 5.91 Å². The monoisotopic (exact) mass is 297 g/mol. The number of carbonyl (C=O) groups is 1. The van der Waals surface area contributed by atoms with Gasteiger partial charge in [-0.25, -0.2) is 0 Å². The highest BCUT2D eigenvalue weighted by atomic mass is 16.1. The van der Waals surface area contributed by atoms with Gasteiger partial charge in [-0.3, -0.25) is 4.79 Å². The second-order valence-corrected chi connectivity index (χ2v) is 5.83. The van der Waals surface area contributed by atoms with Crippen molar-refractivity contribution in [1.82, 2.24) is 14.8 Å². The number of rotatable bonds is 5. The van der Waals surface area contributed by atoms with Crippen LogP contribution >= 0.6 is 0 Å². The van der Waals surface area contributed by atoms with Gasteiger partial charge in [-0.05, 0) is 43.6 Å². The molecule has 2 heterocycles. The summed E-state index contributed by atoms with van der Waals surface area (Å²) in [6.45, 7) is 3.99. The molecule has 1 amide bonds. The Morgan fingerprint density at radius 3 is 2.55 bits per heavy atom. The third-order valence-corrected chi connectivity index (χ3v) is 4.34. The topological polar surface area (TPSA) is 37.3 Å². The second kappa shape index (κ2) is 6.79. The van der Waals surface area contributed by atoms with E-state index in [9.17, 15) is 4.79 Å². The first kappa shape index (κ1) is 14.9. The van der Waals surface area contributed by atoms with Crippen LogP contribution in [0.5, 0.6) is 0 Å². The number of hydrogen-bond donors (Lipinski definition) is 1. The zero-order valence-corrected chi connectivity index (χ0v) is 13.1. The van der Waals surface area contributed by atoms with Gasteiger partial charge in [-0.2, -0.15) is 0 Å². The highest BCUT2D eigenvalue weighted by Crippen LogP contribution is 2.21. The summed E-state index contributed by atoms with van der Waals surface area (Å²) in [5.41, 5.74) is 2.90. The molecular formula is C18H23N3O. The lowest BCUT2D eigenvalue weighted by molar-refractivity contribution is 0.0942. The lowest BCUT2D eigenvalue weighted by atomic mass is 10.2. The van der Waals surface area contributed by atoms with Gasteiger partial charge in [-0.1, -0.05) is 30.3 Å². The average Bonchev–Trinajstić information content (AvgIpc) is 3.18. The Morgan fingerprint density at radius 1 is 1.09 bits per heavy atom. The van der Waals surface area contributed by atoms with Crippen LogP contribution < -0.4 is 5.32 Å². The number of benzene rings is 1. The normalized spacial score (nSPS) is 15.1. The van der Waals surface area contributed by atoms with Crippen molar-refractivity contribution in [3.8, 4) is 11.3 Å². The molecule has 1 N–H and O–H groups in total. The highest BCUT2D eigenvalue weighted by Gasteiger charge is 2.14. The number of amides is 1. The third-order valence-electron chi connectivity index (χ3n) is 4.34. The average molecular weight is 297 g/mol. The summed E-state index contributed by atoms with van der Waals surface area (Å²) in [4.78, 5) is 14.7. The van der Waals surface area contributed by atoms with Gasteiger partial charge >= 0.3 is 0 Å². The van der Waals surface area contributed by atoms with Crippen LogP contribution in [-0.2, 0) is 7.05 Å². The zero-order chi connectivity index (χ0) is 15.4. The minimum absolute atomic E-state index is 0.00359. The van der Waals surface area contributed by atoms with E-state index in [-0.39, 0.29) is 5.91 Å². The maximum Gasteiger partial charge on any atom is 0.267 e. The fourth-order valence-corrected chi connectivity index (χ4v) is 3.06. The van der Waals surface area contributed by atoms with Crippen molar-refractivity contribution < 1.29 is 4.79 Å². The van der Waals surface area contributed by atoms with Gasteiger partial charge in [0.2, 0.25) is 0 Å². The Kier molecular flexibility index (Phi) is 4.59. The molecule has 1 aliphatic heterocycles. The predicted octanol–water partition coefficient (Wildman–Crippen LogP) is 2.52. The Labute approximate surface area is 131 Å². The van der Waals surface area contributed by atoms with E-state index >= 15 is 0 Å². The summed E-state index contributed by atoms with van der Waals surface area (Å²) < 4.78 is 1.96. The third kappa shape index (κ3) is 3.22. The summed E-state index contributed by atoms with van der Waals surface area (Å²) >= 11 is 0. The molecule has 116 valence electrons. The van der Waals surface area contributed by atoms with Gasteiger partial charge in [-0.15, -0.1) is 0 Å². The van der Waals surface area contributed by atoms with Gasteiger partial charge in [0.15, 0.2) is 0 Å². The van der Waals surface area contributed by atoms with Crippen LogP contribution in [0.4, 0.5) is 0 Å². The molecule has 0 spiro atoms. The molecule has 0 bridgehead atoms. The van der Waals surface area contributed by atoms with E-state index in [1.807, 2.05) is 41.9 Å². The molecule has 0 radical (unpaired) electrons. The molecule has 1 saturated heterocycles. The molecule has 0 aliphatic carbocycles. The standard InChI is InChI=1S/C18H23N3O/c1-20-16(15-7-3-2-4-8-15)9-10-17(20)18(22)19-11-14-21-12-5-6-13-21/h2-4,7-10H,5-6,11-14H2,1H3,(H,19,22). The minimum atomic E-state index is 0.00359. The number of nitrogens with zero attached hydrogens (tertiary/aromatic N) is 2. The molecule has 22 heavy (non-hydrogen) atoms. The molecule has 0 saturated carbocycles. The fraction of sp³-hybridized carbons (Fsp3) is 0.389. The molecule has 1 aromatic heterocycles. The zero-order valence-electron chi connectivity index (χ0n) is 13.1. The van der Waals surface area contributed by atoms with Crippen molar-refractivity contribution in [2.75, 3.05) is 26.2 Å². The Balaban J connectivity index is 1.62. The number of likely N-dealkylation sites (tertiary alicyclic amines) is 1. The van der Waals surface area contributed by atoms with E-state index in [4.69, 9.17) is 0 Å². The van der Waals surface area contributed by atoms with E-state index in [0.717, 1.165) is 30.9 Å². The predicted molar refractivity (Wildman–Crippen MR) is 88.9 cm³/mol. The molecule has 0 unspecified atom stereocenters. The van der Waals surface area contributed by atoms with Crippen molar-refractivity contribution in [3.63, 3.8) is 0 Å². The van der Waals surface area contributed by atoms with Crippen LogP contribution in [0.1, 0.15) is 23.3 Å². The summed E-state index contributed by atoms with van der Waals surface area (Å²) in [5.74, 6) is 0.00359. The van der Waals surface area contributed by atoms with Crippen LogP contribution in [0, 0.1) is 0 Å². The number of aromatic nitrogens is 1. The largest absolute Gasteiger partial charge is 0.349 e. The molecule has 3 rings (SSSR count). The maximum absolute atomic E-state index is 12.3. The van der Waals surface area contributed by atoms with Crippen LogP contribution in [0.3, 0.4) is 0 Å². The minimum Gasteiger partial charge on any atom is -0.349 e. The van der Waals surface area contributed by atoms with Crippen LogP contribution in [-0.4, -0.2) is 41.6 Å². The maximum atomic E-state index is 12.3. The Bertz CT molecular complexity index is 627. The number of carbonyl (C=O) groups excluding carboxylic acids is 1. The van der Waals surface area contributed by atoms with Crippen molar-refractivity contribution in [3.05, 3.63) is 48.2 Å². The Morgan fingerprint density at radius 2 is 1.82 bits per heavy atom. The lowest BCUT2D eigenvalue weighted by Gasteiger charge is -2.15. The summed E-state index contributed by atoms with van der Waals surface area (Å²) in [5, 5.41) is 3.03. The molecule has 1 aromatic carbocycles. The van der Waals surface area contributed by atoms with E-state index in [1.165, 1.54) is 12.8 Å². The quantitative estimate of drug-likeness (QED) is 0.921. The van der Waals surface area contributed by atoms with E-state index < -0.39 is 0 Å². The number of hydrogen-bond acceptors (Lipinski definition) is 2. The Hall–Kier alpha value is -2.07. The van der Waals surface area contributed by atoms with Gasteiger partial charge in [0.05, 0.1) is 0 Å². The second-order valence-electron chi connectivity index (χ2n) is 5.83. The summed E-state index contributed by atoms with van der Waals surface area (Å²) in [6.07, 6.45) is 2.57. The molecule has 4 nitrogen and oxygen atoms in total. The first-order chi connectivity index (χ1) is 10.8. The smallest absolute Gasteiger partial charge is 0.267 e. The SMILES string of the molecule is Cn1c(C(=O)NCCN2CCCC2)ccc1-c1ccccc1. The van der Waals surface area contributed by atoms with Crippen molar-refractivity contribution in [2.45, 2.75) is 12.8 Å². The molecular weight excluding hydrogens is 274 g/mol. The molecule has 4 heteroatoms. The number of nitrogens with one attached hydrogen (secondary N) is 1. The van der Waals surface area contributed by atoms with Crippen molar-refractivity contribution in [1.29, 1.82) is 0 Å². The fourth-order valence-electron chi connectivity index (χ4n) is 3.06. The van der Waals surface area contributed by atoms with Crippen LogP contribution in [0.2, 0.25) is 0 Å². The van der Waals surface area contributed by atoms with Crippen molar-refractivity contribution >= 4 is 5.91 Å². The molecule has 0 atom stereocenters. The van der Waals surface area contributed by atoms with E-state index in [1.54, 1.807) is 0 Å². The first-order valence-electron chi connectivity index (χ1n) is 7.97. The van der Waals surface area contributed by atoms with E-state index in [2.05, 4.69) is 22.3 Å². The molecule has 2 aromatic rings. The van der Waals surface area contributed by atoms with E-state index in [0.29, 0.717) is 12.2 Å². The van der Waals surface area contributed by atoms with Crippen molar-refractivity contribution in [2.24, 2.45) is 7.05 Å². The highest BCUT2D eigenvalue weighted by molar-refractivity contribution is 5.93. The van der Waals surface area contributed by atoms with Crippen LogP contribution in [0.15, 0.2) is 42.5 Å².